The Morgan fingerprint density at radius 3 is 2.74 bits per heavy atom. The summed E-state index contributed by atoms with van der Waals surface area (Å²) in [6.45, 7) is 4.77. The lowest BCUT2D eigenvalue weighted by Crippen LogP contribution is -2.38. The van der Waals surface area contributed by atoms with E-state index in [1.807, 2.05) is 48.5 Å². The summed E-state index contributed by atoms with van der Waals surface area (Å²) in [7, 11) is 1.63. The topological polar surface area (TPSA) is 107 Å². The summed E-state index contributed by atoms with van der Waals surface area (Å²) in [6.07, 6.45) is 5.04. The van der Waals surface area contributed by atoms with Crippen molar-refractivity contribution in [1.82, 2.24) is 14.9 Å². The van der Waals surface area contributed by atoms with Gasteiger partial charge in [-0.1, -0.05) is 12.1 Å². The van der Waals surface area contributed by atoms with Crippen LogP contribution in [0, 0.1) is 0 Å². The molecule has 4 N–H and O–H groups in total. The van der Waals surface area contributed by atoms with Crippen LogP contribution >= 0.6 is 15.9 Å². The van der Waals surface area contributed by atoms with Crippen molar-refractivity contribution < 1.29 is 14.2 Å². The van der Waals surface area contributed by atoms with E-state index in [4.69, 9.17) is 19.9 Å². The van der Waals surface area contributed by atoms with Gasteiger partial charge in [0.05, 0.1) is 24.8 Å². The van der Waals surface area contributed by atoms with E-state index >= 15 is 0 Å². The molecule has 0 saturated carbocycles. The molecule has 4 rings (SSSR count). The van der Waals surface area contributed by atoms with E-state index in [0.29, 0.717) is 29.9 Å². The highest BCUT2D eigenvalue weighted by atomic mass is 79.9. The smallest absolute Gasteiger partial charge is 0.229 e. The minimum absolute atomic E-state index is 0.443. The molecule has 3 aromatic rings. The van der Waals surface area contributed by atoms with Gasteiger partial charge in [-0.3, -0.25) is 4.90 Å². The lowest BCUT2D eigenvalue weighted by atomic mass is 10.2. The van der Waals surface area contributed by atoms with Crippen LogP contribution in [0.2, 0.25) is 0 Å². The number of nitrogens with two attached hydrogens (primary N) is 1. The van der Waals surface area contributed by atoms with Crippen LogP contribution in [-0.2, 0) is 4.74 Å². The molecule has 1 saturated heterocycles. The summed E-state index contributed by atoms with van der Waals surface area (Å²) < 4.78 is 17.7. The number of aromatic nitrogens is 2. The number of nitrogens with one attached hydrogen (secondary N) is 2. The van der Waals surface area contributed by atoms with Crippen molar-refractivity contribution in [2.24, 2.45) is 5.73 Å². The average Bonchev–Trinajstić information content (AvgIpc) is 2.87. The second-order valence-electron chi connectivity index (χ2n) is 7.79. The van der Waals surface area contributed by atoms with Gasteiger partial charge >= 0.3 is 0 Å². The molecule has 0 spiro atoms. The molecule has 9 nitrogen and oxygen atoms in total. The fourth-order valence-corrected chi connectivity index (χ4v) is 3.88. The highest BCUT2D eigenvalue weighted by Crippen LogP contribution is 2.32. The zero-order valence-electron chi connectivity index (χ0n) is 19.5. The zero-order chi connectivity index (χ0) is 24.5. The molecule has 1 aliphatic rings. The highest BCUT2D eigenvalue weighted by Gasteiger charge is 2.12. The van der Waals surface area contributed by atoms with Gasteiger partial charge in [0.25, 0.3) is 0 Å². The molecule has 0 bridgehead atoms. The first-order valence-corrected chi connectivity index (χ1v) is 12.1. The van der Waals surface area contributed by atoms with E-state index in [2.05, 4.69) is 41.4 Å². The number of rotatable bonds is 10. The second kappa shape index (κ2) is 12.4. The average molecular weight is 541 g/mol. The summed E-state index contributed by atoms with van der Waals surface area (Å²) in [5.41, 5.74) is 8.16. The van der Waals surface area contributed by atoms with Crippen molar-refractivity contribution in [1.29, 1.82) is 0 Å². The third-order valence-corrected chi connectivity index (χ3v) is 5.95. The highest BCUT2D eigenvalue weighted by molar-refractivity contribution is 9.10. The third-order valence-electron chi connectivity index (χ3n) is 5.37. The first-order chi connectivity index (χ1) is 17.1. The Labute approximate surface area is 213 Å². The maximum atomic E-state index is 6.04. The molecule has 10 heteroatoms. The number of morpholine rings is 1. The summed E-state index contributed by atoms with van der Waals surface area (Å²) in [6, 6.07) is 13.5. The lowest BCUT2D eigenvalue weighted by molar-refractivity contribution is 0.0321. The van der Waals surface area contributed by atoms with Crippen LogP contribution in [0.3, 0.4) is 0 Å². The molecule has 0 atom stereocenters. The maximum Gasteiger partial charge on any atom is 0.229 e. The minimum Gasteiger partial charge on any atom is -0.493 e. The number of nitrogens with zero attached hydrogens (tertiary/aromatic N) is 3. The van der Waals surface area contributed by atoms with E-state index in [1.165, 1.54) is 6.20 Å². The van der Waals surface area contributed by atoms with E-state index in [0.717, 1.165) is 54.3 Å². The number of ether oxygens (including phenoxy) is 3. The number of halogens is 1. The fourth-order valence-electron chi connectivity index (χ4n) is 3.59. The third kappa shape index (κ3) is 7.08. The lowest BCUT2D eigenvalue weighted by Gasteiger charge is -2.26. The monoisotopic (exact) mass is 540 g/mol. The molecule has 2 heterocycles. The molecular formula is C25H29BrN6O3. The van der Waals surface area contributed by atoms with Crippen LogP contribution in [0.15, 0.2) is 59.3 Å². The predicted molar refractivity (Wildman–Crippen MR) is 142 cm³/mol. The van der Waals surface area contributed by atoms with Crippen molar-refractivity contribution in [3.05, 3.63) is 64.9 Å². The SMILES string of the molecule is COc1ccc(Nc2ncc(Br)c(Nc3cccc(/C=C\N)c3)n2)cc1OCCN1CCOCC1. The Balaban J connectivity index is 1.44. The summed E-state index contributed by atoms with van der Waals surface area (Å²) in [5.74, 6) is 2.40. The van der Waals surface area contributed by atoms with Gasteiger partial charge in [-0.2, -0.15) is 4.98 Å². The van der Waals surface area contributed by atoms with Crippen molar-refractivity contribution in [2.75, 3.05) is 57.2 Å². The van der Waals surface area contributed by atoms with Gasteiger partial charge in [0, 0.05) is 43.3 Å². The quantitative estimate of drug-likeness (QED) is 0.345. The largest absolute Gasteiger partial charge is 0.493 e. The molecule has 35 heavy (non-hydrogen) atoms. The molecular weight excluding hydrogens is 512 g/mol. The molecule has 0 radical (unpaired) electrons. The zero-order valence-corrected chi connectivity index (χ0v) is 21.1. The second-order valence-corrected chi connectivity index (χ2v) is 8.65. The van der Waals surface area contributed by atoms with Gasteiger partial charge in [0.15, 0.2) is 11.5 Å². The fraction of sp³-hybridized carbons (Fsp3) is 0.280. The molecule has 2 aromatic carbocycles. The van der Waals surface area contributed by atoms with Crippen molar-refractivity contribution >= 4 is 45.1 Å². The van der Waals surface area contributed by atoms with E-state index in [9.17, 15) is 0 Å². The van der Waals surface area contributed by atoms with E-state index < -0.39 is 0 Å². The number of hydrogen-bond acceptors (Lipinski definition) is 9. The van der Waals surface area contributed by atoms with Crippen LogP contribution in [0.5, 0.6) is 11.5 Å². The van der Waals surface area contributed by atoms with Gasteiger partial charge < -0.3 is 30.6 Å². The normalized spacial score (nSPS) is 14.1. The Bertz CT molecular complexity index is 1150. The summed E-state index contributed by atoms with van der Waals surface area (Å²) >= 11 is 3.52. The van der Waals surface area contributed by atoms with Gasteiger partial charge in [0.2, 0.25) is 5.95 Å². The van der Waals surface area contributed by atoms with Crippen molar-refractivity contribution in [3.8, 4) is 11.5 Å². The van der Waals surface area contributed by atoms with Gasteiger partial charge in [-0.15, -0.1) is 0 Å². The van der Waals surface area contributed by atoms with Crippen molar-refractivity contribution in [3.63, 3.8) is 0 Å². The molecule has 1 aromatic heterocycles. The Hall–Kier alpha value is -3.34. The standard InChI is InChI=1S/C25H29BrN6O3/c1-33-22-6-5-20(16-23(22)35-14-11-32-9-12-34-13-10-32)30-25-28-17-21(26)24(31-25)29-19-4-2-3-18(15-19)7-8-27/h2-8,15-17H,9-14,27H2,1H3,(H2,28,29,30,31)/b8-7-. The Morgan fingerprint density at radius 2 is 1.94 bits per heavy atom. The number of methoxy groups -OCH3 is 1. The summed E-state index contributed by atoms with van der Waals surface area (Å²) in [4.78, 5) is 11.3. The van der Waals surface area contributed by atoms with Crippen LogP contribution in [0.4, 0.5) is 23.1 Å². The first kappa shape index (κ1) is 24.8. The van der Waals surface area contributed by atoms with Crippen molar-refractivity contribution in [2.45, 2.75) is 0 Å². The maximum absolute atomic E-state index is 6.04. The van der Waals surface area contributed by atoms with Crippen LogP contribution in [0.1, 0.15) is 5.56 Å². The van der Waals surface area contributed by atoms with Gasteiger partial charge in [-0.05, 0) is 58.0 Å². The number of anilines is 4. The van der Waals surface area contributed by atoms with E-state index in [1.54, 1.807) is 13.3 Å². The van der Waals surface area contributed by atoms with Crippen LogP contribution in [0.25, 0.3) is 6.08 Å². The van der Waals surface area contributed by atoms with E-state index in [-0.39, 0.29) is 0 Å². The van der Waals surface area contributed by atoms with Gasteiger partial charge in [-0.25, -0.2) is 4.98 Å². The number of hydrogen-bond donors (Lipinski definition) is 3. The molecule has 1 fully saturated rings. The molecule has 184 valence electrons. The Morgan fingerprint density at radius 1 is 1.11 bits per heavy atom. The summed E-state index contributed by atoms with van der Waals surface area (Å²) in [5, 5.41) is 6.56. The molecule has 0 amide bonds. The molecule has 1 aliphatic heterocycles. The Kier molecular flexibility index (Phi) is 8.77. The van der Waals surface area contributed by atoms with Crippen LogP contribution in [-0.4, -0.2) is 61.4 Å². The first-order valence-electron chi connectivity index (χ1n) is 11.3. The van der Waals surface area contributed by atoms with Gasteiger partial charge in [0.1, 0.15) is 12.4 Å². The molecule has 0 aliphatic carbocycles. The molecule has 0 unspecified atom stereocenters. The van der Waals surface area contributed by atoms with Crippen LogP contribution < -0.4 is 25.8 Å². The predicted octanol–water partition coefficient (Wildman–Crippen LogP) is 4.38. The number of benzene rings is 2. The minimum atomic E-state index is 0.443.